The standard InChI is InChI=1S/C15H24ClN3O2/c1-18(2)9-10-19-13(12(16)11-17-19)14(20)15(21)7-5-3-4-6-8-15/h11,21H,3-10H2,1-2H3. The van der Waals surface area contributed by atoms with E-state index in [-0.39, 0.29) is 5.78 Å². The van der Waals surface area contributed by atoms with Crippen LogP contribution >= 0.6 is 11.6 Å². The summed E-state index contributed by atoms with van der Waals surface area (Å²) >= 11 is 6.15. The number of ketones is 1. The van der Waals surface area contributed by atoms with Gasteiger partial charge in [0.25, 0.3) is 0 Å². The molecule has 1 aliphatic carbocycles. The van der Waals surface area contributed by atoms with Crippen LogP contribution in [-0.2, 0) is 6.54 Å². The summed E-state index contributed by atoms with van der Waals surface area (Å²) in [5, 5.41) is 15.3. The zero-order chi connectivity index (χ0) is 15.5. The van der Waals surface area contributed by atoms with Crippen molar-refractivity contribution in [2.45, 2.75) is 50.7 Å². The van der Waals surface area contributed by atoms with Crippen LogP contribution in [0.1, 0.15) is 49.0 Å². The van der Waals surface area contributed by atoms with Gasteiger partial charge >= 0.3 is 0 Å². The summed E-state index contributed by atoms with van der Waals surface area (Å²) in [6, 6.07) is 0. The maximum atomic E-state index is 12.8. The fourth-order valence-corrected chi connectivity index (χ4v) is 3.04. The van der Waals surface area contributed by atoms with Crippen LogP contribution in [0.3, 0.4) is 0 Å². The SMILES string of the molecule is CN(C)CCn1ncc(Cl)c1C(=O)C1(O)CCCCCC1. The first-order valence-electron chi connectivity index (χ1n) is 7.57. The van der Waals surface area contributed by atoms with Crippen molar-refractivity contribution in [1.29, 1.82) is 0 Å². The molecule has 0 aromatic carbocycles. The van der Waals surface area contributed by atoms with Gasteiger partial charge in [-0.3, -0.25) is 9.48 Å². The summed E-state index contributed by atoms with van der Waals surface area (Å²) < 4.78 is 1.62. The molecule has 0 aliphatic heterocycles. The highest BCUT2D eigenvalue weighted by molar-refractivity contribution is 6.34. The first-order chi connectivity index (χ1) is 9.94. The predicted octanol–water partition coefficient (Wildman–Crippen LogP) is 2.37. The van der Waals surface area contributed by atoms with Crippen LogP contribution in [-0.4, -0.2) is 51.8 Å². The Morgan fingerprint density at radius 3 is 2.57 bits per heavy atom. The topological polar surface area (TPSA) is 58.4 Å². The van der Waals surface area contributed by atoms with Gasteiger partial charge in [0.15, 0.2) is 0 Å². The third-order valence-electron chi connectivity index (χ3n) is 4.12. The van der Waals surface area contributed by atoms with Crippen LogP contribution in [0.5, 0.6) is 0 Å². The fraction of sp³-hybridized carbons (Fsp3) is 0.733. The molecule has 2 rings (SSSR count). The first-order valence-corrected chi connectivity index (χ1v) is 7.95. The number of rotatable bonds is 5. The van der Waals surface area contributed by atoms with Crippen molar-refractivity contribution in [3.8, 4) is 0 Å². The van der Waals surface area contributed by atoms with E-state index in [0.717, 1.165) is 32.2 Å². The molecule has 1 aromatic heterocycles. The van der Waals surface area contributed by atoms with E-state index in [4.69, 9.17) is 11.6 Å². The summed E-state index contributed by atoms with van der Waals surface area (Å²) in [5.74, 6) is -0.273. The number of hydrogen-bond acceptors (Lipinski definition) is 4. The Bertz CT molecular complexity index is 491. The van der Waals surface area contributed by atoms with Gasteiger partial charge in [0.2, 0.25) is 5.78 Å². The lowest BCUT2D eigenvalue weighted by Gasteiger charge is -2.25. The van der Waals surface area contributed by atoms with Crippen LogP contribution in [0.15, 0.2) is 6.20 Å². The Morgan fingerprint density at radius 2 is 2.00 bits per heavy atom. The molecule has 5 nitrogen and oxygen atoms in total. The minimum atomic E-state index is -1.28. The Morgan fingerprint density at radius 1 is 1.38 bits per heavy atom. The molecule has 1 heterocycles. The summed E-state index contributed by atoms with van der Waals surface area (Å²) in [5.41, 5.74) is -0.932. The predicted molar refractivity (Wildman–Crippen MR) is 82.8 cm³/mol. The van der Waals surface area contributed by atoms with Gasteiger partial charge < -0.3 is 10.0 Å². The average Bonchev–Trinajstić information content (AvgIpc) is 2.64. The molecule has 21 heavy (non-hydrogen) atoms. The molecule has 1 saturated carbocycles. The van der Waals surface area contributed by atoms with Gasteiger partial charge in [-0.15, -0.1) is 0 Å². The molecule has 0 radical (unpaired) electrons. The highest BCUT2D eigenvalue weighted by atomic mass is 35.5. The zero-order valence-electron chi connectivity index (χ0n) is 12.8. The minimum absolute atomic E-state index is 0.273. The second kappa shape index (κ2) is 6.90. The van der Waals surface area contributed by atoms with E-state index in [9.17, 15) is 9.90 Å². The number of aliphatic hydroxyl groups is 1. The number of nitrogens with zero attached hydrogens (tertiary/aromatic N) is 3. The molecule has 1 aliphatic rings. The summed E-state index contributed by atoms with van der Waals surface area (Å²) in [4.78, 5) is 14.8. The largest absolute Gasteiger partial charge is 0.382 e. The Labute approximate surface area is 130 Å². The maximum absolute atomic E-state index is 12.8. The smallest absolute Gasteiger partial charge is 0.213 e. The lowest BCUT2D eigenvalue weighted by atomic mass is 9.88. The molecule has 118 valence electrons. The molecule has 6 heteroatoms. The lowest BCUT2D eigenvalue weighted by Crippen LogP contribution is -2.39. The highest BCUT2D eigenvalue weighted by Gasteiger charge is 2.39. The zero-order valence-corrected chi connectivity index (χ0v) is 13.6. The van der Waals surface area contributed by atoms with Crippen LogP contribution in [0.4, 0.5) is 0 Å². The highest BCUT2D eigenvalue weighted by Crippen LogP contribution is 2.32. The Hall–Kier alpha value is -0.910. The van der Waals surface area contributed by atoms with Gasteiger partial charge in [-0.2, -0.15) is 5.10 Å². The molecule has 1 fully saturated rings. The number of hydrogen-bond donors (Lipinski definition) is 1. The third-order valence-corrected chi connectivity index (χ3v) is 4.40. The van der Waals surface area contributed by atoms with Crippen molar-refractivity contribution in [3.63, 3.8) is 0 Å². The number of aromatic nitrogens is 2. The third kappa shape index (κ3) is 3.84. The van der Waals surface area contributed by atoms with Crippen molar-refractivity contribution < 1.29 is 9.90 Å². The molecule has 0 spiro atoms. The molecule has 1 N–H and O–H groups in total. The van der Waals surface area contributed by atoms with E-state index < -0.39 is 5.60 Å². The van der Waals surface area contributed by atoms with Gasteiger partial charge in [-0.25, -0.2) is 0 Å². The van der Waals surface area contributed by atoms with Crippen LogP contribution in [0.2, 0.25) is 5.02 Å². The number of carbonyl (C=O) groups is 1. The number of halogens is 1. The van der Waals surface area contributed by atoms with E-state index in [1.807, 2.05) is 19.0 Å². The molecule has 0 unspecified atom stereocenters. The fourth-order valence-electron chi connectivity index (χ4n) is 2.81. The summed E-state index contributed by atoms with van der Waals surface area (Å²) in [6.45, 7) is 1.34. The van der Waals surface area contributed by atoms with E-state index >= 15 is 0 Å². The van der Waals surface area contributed by atoms with Crippen molar-refractivity contribution in [3.05, 3.63) is 16.9 Å². The van der Waals surface area contributed by atoms with E-state index in [0.29, 0.717) is 30.1 Å². The second-order valence-corrected chi connectivity index (χ2v) is 6.55. The van der Waals surface area contributed by atoms with E-state index in [2.05, 4.69) is 5.10 Å². The molecular formula is C15H24ClN3O2. The average molecular weight is 314 g/mol. The number of carbonyl (C=O) groups excluding carboxylic acids is 1. The Balaban J connectivity index is 2.23. The monoisotopic (exact) mass is 313 g/mol. The second-order valence-electron chi connectivity index (χ2n) is 6.14. The van der Waals surface area contributed by atoms with Gasteiger partial charge in [-0.05, 0) is 26.9 Å². The van der Waals surface area contributed by atoms with Crippen LogP contribution in [0.25, 0.3) is 0 Å². The summed E-state index contributed by atoms with van der Waals surface area (Å²) in [6.07, 6.45) is 6.43. The number of likely N-dealkylation sites (N-methyl/N-ethyl adjacent to an activating group) is 1. The maximum Gasteiger partial charge on any atom is 0.213 e. The van der Waals surface area contributed by atoms with Crippen molar-refractivity contribution in [2.75, 3.05) is 20.6 Å². The quantitative estimate of drug-likeness (QED) is 0.670. The van der Waals surface area contributed by atoms with Crippen molar-refractivity contribution in [2.24, 2.45) is 0 Å². The molecule has 0 atom stereocenters. The Kier molecular flexibility index (Phi) is 5.41. The molecule has 0 amide bonds. The summed E-state index contributed by atoms with van der Waals surface area (Å²) in [7, 11) is 3.93. The van der Waals surface area contributed by atoms with Crippen molar-refractivity contribution >= 4 is 17.4 Å². The molecular weight excluding hydrogens is 290 g/mol. The van der Waals surface area contributed by atoms with E-state index in [1.54, 1.807) is 4.68 Å². The lowest BCUT2D eigenvalue weighted by molar-refractivity contribution is 0.0227. The normalized spacial score (nSPS) is 18.7. The van der Waals surface area contributed by atoms with Crippen LogP contribution in [0, 0.1) is 0 Å². The van der Waals surface area contributed by atoms with Crippen molar-refractivity contribution in [1.82, 2.24) is 14.7 Å². The minimum Gasteiger partial charge on any atom is -0.382 e. The van der Waals surface area contributed by atoms with Crippen LogP contribution < -0.4 is 0 Å². The molecule has 1 aromatic rings. The molecule has 0 saturated heterocycles. The first kappa shape index (κ1) is 16.5. The van der Waals surface area contributed by atoms with Gasteiger partial charge in [0, 0.05) is 6.54 Å². The number of Topliss-reactive ketones (excluding diaryl/α,β-unsaturated/α-hetero) is 1. The van der Waals surface area contributed by atoms with E-state index in [1.165, 1.54) is 6.20 Å². The molecule has 0 bridgehead atoms. The van der Waals surface area contributed by atoms with Gasteiger partial charge in [0.05, 0.1) is 17.8 Å². The van der Waals surface area contributed by atoms with Gasteiger partial charge in [0.1, 0.15) is 11.3 Å². The van der Waals surface area contributed by atoms with Gasteiger partial charge in [-0.1, -0.05) is 37.3 Å².